The average Bonchev–Trinajstić information content (AvgIpc) is 2.12. The maximum Gasteiger partial charge on any atom is 0.309 e. The van der Waals surface area contributed by atoms with E-state index in [1.807, 2.05) is 0 Å². The van der Waals surface area contributed by atoms with Crippen molar-refractivity contribution < 1.29 is 4.92 Å². The van der Waals surface area contributed by atoms with Crippen LogP contribution < -0.4 is 0 Å². The van der Waals surface area contributed by atoms with Crippen molar-refractivity contribution in [3.05, 3.63) is 21.7 Å². The van der Waals surface area contributed by atoms with Gasteiger partial charge in [-0.3, -0.25) is 10.1 Å². The zero-order valence-corrected chi connectivity index (χ0v) is 4.51. The molecule has 5 heteroatoms. The molecule has 0 aliphatic heterocycles. The van der Waals surface area contributed by atoms with Crippen molar-refractivity contribution in [1.82, 2.24) is 4.37 Å². The second-order valence-electron chi connectivity index (χ2n) is 1.07. The van der Waals surface area contributed by atoms with Crippen molar-refractivity contribution >= 4 is 17.2 Å². The summed E-state index contributed by atoms with van der Waals surface area (Å²) >= 11 is 1.02. The first-order chi connectivity index (χ1) is 3.80. The Hall–Kier alpha value is -0.970. The Morgan fingerprint density at radius 3 is 3.00 bits per heavy atom. The van der Waals surface area contributed by atoms with Gasteiger partial charge >= 0.3 is 5.69 Å². The summed E-state index contributed by atoms with van der Waals surface area (Å²) in [5.41, 5.74) is -0.0602. The molecule has 0 saturated heterocycles. The number of rotatable bonds is 1. The molecule has 0 aliphatic rings. The summed E-state index contributed by atoms with van der Waals surface area (Å²) in [6, 6.07) is 0. The van der Waals surface area contributed by atoms with Gasteiger partial charge in [0.15, 0.2) is 6.20 Å². The van der Waals surface area contributed by atoms with E-state index in [1.54, 1.807) is 0 Å². The molecule has 0 aliphatic carbocycles. The van der Waals surface area contributed by atoms with E-state index in [1.165, 1.54) is 5.38 Å². The van der Waals surface area contributed by atoms with Crippen molar-refractivity contribution in [3.8, 4) is 0 Å². The Morgan fingerprint density at radius 1 is 2.00 bits per heavy atom. The van der Waals surface area contributed by atoms with Crippen molar-refractivity contribution in [2.45, 2.75) is 0 Å². The summed E-state index contributed by atoms with van der Waals surface area (Å²) in [5.74, 6) is 0. The molecule has 8 heavy (non-hydrogen) atoms. The minimum absolute atomic E-state index is 0.0602. The van der Waals surface area contributed by atoms with Crippen LogP contribution in [0.5, 0.6) is 0 Å². The molecule has 1 heterocycles. The maximum absolute atomic E-state index is 9.80. The Bertz CT molecular complexity index is 183. The zero-order valence-electron chi connectivity index (χ0n) is 3.70. The lowest BCUT2D eigenvalue weighted by Gasteiger charge is -1.75. The van der Waals surface area contributed by atoms with Gasteiger partial charge < -0.3 is 0 Å². The third kappa shape index (κ3) is 0.812. The fourth-order valence-electron chi connectivity index (χ4n) is 0.260. The first kappa shape index (κ1) is 5.17. The fraction of sp³-hybridized carbons (Fsp3) is 0. The lowest BCUT2D eigenvalue weighted by molar-refractivity contribution is -0.385. The Morgan fingerprint density at radius 2 is 2.75 bits per heavy atom. The van der Waals surface area contributed by atoms with Gasteiger partial charge in [0.2, 0.25) is 0 Å². The number of hydrogen-bond acceptors (Lipinski definition) is 4. The summed E-state index contributed by atoms with van der Waals surface area (Å²) < 4.78 is 3.42. The summed E-state index contributed by atoms with van der Waals surface area (Å²) in [6.07, 6.45) is 2.21. The highest BCUT2D eigenvalue weighted by Crippen LogP contribution is 2.08. The molecule has 0 unspecified atom stereocenters. The highest BCUT2D eigenvalue weighted by Gasteiger charge is 2.04. The minimum Gasteiger partial charge on any atom is -0.258 e. The van der Waals surface area contributed by atoms with Crippen LogP contribution in [0.25, 0.3) is 0 Å². The van der Waals surface area contributed by atoms with Gasteiger partial charge in [-0.05, 0) is 11.5 Å². The normalized spacial score (nSPS) is 9.00. The Labute approximate surface area is 49.1 Å². The first-order valence-electron chi connectivity index (χ1n) is 1.77. The van der Waals surface area contributed by atoms with Crippen LogP contribution in [0.15, 0.2) is 5.38 Å². The topological polar surface area (TPSA) is 56.0 Å². The third-order valence-corrected chi connectivity index (χ3v) is 1.10. The molecule has 1 rings (SSSR count). The third-order valence-electron chi connectivity index (χ3n) is 0.574. The molecular weight excluding hydrogens is 128 g/mol. The summed E-state index contributed by atoms with van der Waals surface area (Å²) in [5, 5.41) is 11.1. The molecule has 0 bridgehead atoms. The highest BCUT2D eigenvalue weighted by molar-refractivity contribution is 7.03. The highest BCUT2D eigenvalue weighted by atomic mass is 32.1. The molecule has 0 amide bonds. The number of hydrogen-bond donors (Lipinski definition) is 0. The molecule has 1 aromatic heterocycles. The molecule has 0 aromatic carbocycles. The molecule has 0 saturated carbocycles. The van der Waals surface area contributed by atoms with E-state index in [0.717, 1.165) is 11.5 Å². The zero-order chi connectivity index (χ0) is 5.98. The van der Waals surface area contributed by atoms with Gasteiger partial charge in [-0.1, -0.05) is 0 Å². The van der Waals surface area contributed by atoms with Gasteiger partial charge in [-0.2, -0.15) is 4.37 Å². The first-order valence-corrected chi connectivity index (χ1v) is 2.61. The molecule has 0 spiro atoms. The van der Waals surface area contributed by atoms with Crippen LogP contribution in [0, 0.1) is 16.3 Å². The molecule has 0 N–H and O–H groups in total. The van der Waals surface area contributed by atoms with Gasteiger partial charge in [0.05, 0.1) is 10.3 Å². The molecule has 1 radical (unpaired) electrons. The van der Waals surface area contributed by atoms with Gasteiger partial charge in [0, 0.05) is 0 Å². The van der Waals surface area contributed by atoms with Crippen molar-refractivity contribution in [3.63, 3.8) is 0 Å². The largest absolute Gasteiger partial charge is 0.309 e. The van der Waals surface area contributed by atoms with Crippen molar-refractivity contribution in [2.24, 2.45) is 0 Å². The second kappa shape index (κ2) is 1.87. The fourth-order valence-corrected chi connectivity index (χ4v) is 0.697. The average molecular weight is 129 g/mol. The van der Waals surface area contributed by atoms with E-state index >= 15 is 0 Å². The quantitative estimate of drug-likeness (QED) is 0.417. The maximum atomic E-state index is 9.80. The second-order valence-corrected chi connectivity index (χ2v) is 1.70. The summed E-state index contributed by atoms with van der Waals surface area (Å²) in [7, 11) is 0. The molecule has 1 aromatic rings. The predicted molar refractivity (Wildman–Crippen MR) is 27.6 cm³/mol. The van der Waals surface area contributed by atoms with Crippen molar-refractivity contribution in [1.29, 1.82) is 0 Å². The molecule has 41 valence electrons. The SMILES string of the molecule is O=[N+]([O-])c1[c]nsc1. The summed E-state index contributed by atoms with van der Waals surface area (Å²) in [4.78, 5) is 9.28. The van der Waals surface area contributed by atoms with Crippen LogP contribution in [0.3, 0.4) is 0 Å². The van der Waals surface area contributed by atoms with Gasteiger partial charge in [0.25, 0.3) is 0 Å². The van der Waals surface area contributed by atoms with Crippen LogP contribution >= 0.6 is 11.5 Å². The van der Waals surface area contributed by atoms with E-state index in [9.17, 15) is 10.1 Å². The Kier molecular flexibility index (Phi) is 1.21. The summed E-state index contributed by atoms with van der Waals surface area (Å²) in [6.45, 7) is 0. The standard InChI is InChI=1S/C3HN2O2S/c6-5(7)3-1-4-8-2-3/h2H. The molecule has 0 fully saturated rings. The number of nitro groups is 1. The van der Waals surface area contributed by atoms with Crippen LogP contribution in [-0.2, 0) is 0 Å². The number of aromatic nitrogens is 1. The number of nitrogens with zero attached hydrogens (tertiary/aromatic N) is 2. The van der Waals surface area contributed by atoms with E-state index in [0.29, 0.717) is 0 Å². The lowest BCUT2D eigenvalue weighted by atomic mass is 10.6. The lowest BCUT2D eigenvalue weighted by Crippen LogP contribution is -1.82. The minimum atomic E-state index is -0.524. The van der Waals surface area contributed by atoms with Crippen LogP contribution in [0.2, 0.25) is 0 Å². The van der Waals surface area contributed by atoms with Gasteiger partial charge in [0.1, 0.15) is 0 Å². The van der Waals surface area contributed by atoms with E-state index in [2.05, 4.69) is 10.6 Å². The van der Waals surface area contributed by atoms with Gasteiger partial charge in [-0.15, -0.1) is 0 Å². The smallest absolute Gasteiger partial charge is 0.258 e. The monoisotopic (exact) mass is 129 g/mol. The molecule has 0 atom stereocenters. The van der Waals surface area contributed by atoms with Crippen LogP contribution in [-0.4, -0.2) is 9.30 Å². The van der Waals surface area contributed by atoms with Crippen LogP contribution in [0.1, 0.15) is 0 Å². The van der Waals surface area contributed by atoms with Crippen LogP contribution in [0.4, 0.5) is 5.69 Å². The van der Waals surface area contributed by atoms with Gasteiger partial charge in [-0.25, -0.2) is 0 Å². The van der Waals surface area contributed by atoms with E-state index < -0.39 is 4.92 Å². The molecular formula is C3HN2O2S. The molecule has 4 nitrogen and oxygen atoms in total. The van der Waals surface area contributed by atoms with E-state index in [4.69, 9.17) is 0 Å². The van der Waals surface area contributed by atoms with E-state index in [-0.39, 0.29) is 5.69 Å². The van der Waals surface area contributed by atoms with Crippen molar-refractivity contribution in [2.75, 3.05) is 0 Å². The predicted octanol–water partition coefficient (Wildman–Crippen LogP) is 0.851. The Balaban J connectivity index is 2.93.